The molecule has 3 aromatic rings. The lowest BCUT2D eigenvalue weighted by molar-refractivity contribution is 0.406. The number of rotatable bonds is 6. The van der Waals surface area contributed by atoms with Crippen LogP contribution in [0.25, 0.3) is 0 Å². The van der Waals surface area contributed by atoms with E-state index in [9.17, 15) is 0 Å². The second kappa shape index (κ2) is 8.23. The minimum Gasteiger partial charge on any atom is -0.497 e. The molecule has 0 aliphatic rings. The minimum absolute atomic E-state index is 0.502. The van der Waals surface area contributed by atoms with Crippen LogP contribution in [0.3, 0.4) is 0 Å². The van der Waals surface area contributed by atoms with E-state index in [0.29, 0.717) is 22.5 Å². The lowest BCUT2D eigenvalue weighted by Crippen LogP contribution is -1.95. The Morgan fingerprint density at radius 3 is 2.60 bits per heavy atom. The lowest BCUT2D eigenvalue weighted by Gasteiger charge is -2.09. The van der Waals surface area contributed by atoms with Gasteiger partial charge < -0.3 is 9.47 Å². The maximum atomic E-state index is 6.20. The molecule has 0 radical (unpaired) electrons. The predicted octanol–water partition coefficient (Wildman–Crippen LogP) is 5.53. The summed E-state index contributed by atoms with van der Waals surface area (Å²) in [5.74, 6) is 2.60. The summed E-state index contributed by atoms with van der Waals surface area (Å²) in [7, 11) is 1.62. The van der Waals surface area contributed by atoms with Gasteiger partial charge in [0.15, 0.2) is 5.16 Å². The van der Waals surface area contributed by atoms with Gasteiger partial charge in [-0.15, -0.1) is 0 Å². The summed E-state index contributed by atoms with van der Waals surface area (Å²) < 4.78 is 11.1. The Morgan fingerprint density at radius 2 is 1.80 bits per heavy atom. The van der Waals surface area contributed by atoms with Gasteiger partial charge >= 0.3 is 0 Å². The fourth-order valence-electron chi connectivity index (χ4n) is 2.17. The third kappa shape index (κ3) is 4.87. The molecule has 0 fully saturated rings. The molecule has 1 aromatic heterocycles. The summed E-state index contributed by atoms with van der Waals surface area (Å²) >= 11 is 7.72. The molecule has 2 aromatic carbocycles. The summed E-state index contributed by atoms with van der Waals surface area (Å²) in [5.41, 5.74) is 1.89. The topological polar surface area (TPSA) is 44.2 Å². The number of aromatic nitrogens is 2. The van der Waals surface area contributed by atoms with Gasteiger partial charge in [0.25, 0.3) is 0 Å². The number of halogens is 1. The number of methoxy groups -OCH3 is 1. The molecule has 4 nitrogen and oxygen atoms in total. The number of hydrogen-bond acceptors (Lipinski definition) is 5. The molecule has 3 rings (SSSR count). The van der Waals surface area contributed by atoms with Gasteiger partial charge in [-0.2, -0.15) is 4.98 Å². The van der Waals surface area contributed by atoms with E-state index in [0.717, 1.165) is 22.0 Å². The first-order chi connectivity index (χ1) is 12.1. The number of hydrogen-bond donors (Lipinski definition) is 0. The first-order valence-corrected chi connectivity index (χ1v) is 9.04. The van der Waals surface area contributed by atoms with Crippen LogP contribution in [0.4, 0.5) is 0 Å². The summed E-state index contributed by atoms with van der Waals surface area (Å²) in [4.78, 5) is 8.93. The van der Waals surface area contributed by atoms with Crippen LogP contribution in [-0.4, -0.2) is 17.1 Å². The zero-order valence-electron chi connectivity index (χ0n) is 13.9. The van der Waals surface area contributed by atoms with Crippen LogP contribution < -0.4 is 9.47 Å². The molecule has 0 atom stereocenters. The number of ether oxygens (including phenoxy) is 2. The van der Waals surface area contributed by atoms with Gasteiger partial charge in [0.1, 0.15) is 11.5 Å². The van der Waals surface area contributed by atoms with Crippen LogP contribution >= 0.6 is 23.4 Å². The zero-order valence-corrected chi connectivity index (χ0v) is 15.5. The predicted molar refractivity (Wildman–Crippen MR) is 101 cm³/mol. The number of nitrogens with zero attached hydrogens (tertiary/aromatic N) is 2. The highest BCUT2D eigenvalue weighted by Gasteiger charge is 2.08. The van der Waals surface area contributed by atoms with Gasteiger partial charge in [-0.3, -0.25) is 0 Å². The molecular weight excluding hydrogens is 356 g/mol. The monoisotopic (exact) mass is 372 g/mol. The zero-order chi connectivity index (χ0) is 17.6. The third-order valence-corrected chi connectivity index (χ3v) is 4.65. The van der Waals surface area contributed by atoms with E-state index in [-0.39, 0.29) is 0 Å². The molecule has 0 bridgehead atoms. The molecule has 25 heavy (non-hydrogen) atoms. The van der Waals surface area contributed by atoms with E-state index in [2.05, 4.69) is 9.97 Å². The maximum Gasteiger partial charge on any atom is 0.223 e. The van der Waals surface area contributed by atoms with Gasteiger partial charge in [-0.05, 0) is 30.7 Å². The van der Waals surface area contributed by atoms with Crippen molar-refractivity contribution < 1.29 is 9.47 Å². The van der Waals surface area contributed by atoms with Crippen LogP contribution in [0.2, 0.25) is 5.02 Å². The van der Waals surface area contributed by atoms with Crippen molar-refractivity contribution >= 4 is 23.4 Å². The molecule has 128 valence electrons. The SMILES string of the molecule is COc1cccc(Oc2cc(C)nc(SCc3ccccc3Cl)n2)c1. The highest BCUT2D eigenvalue weighted by atomic mass is 35.5. The Kier molecular flexibility index (Phi) is 5.79. The van der Waals surface area contributed by atoms with E-state index >= 15 is 0 Å². The molecule has 0 unspecified atom stereocenters. The summed E-state index contributed by atoms with van der Waals surface area (Å²) in [6, 6.07) is 17.0. The normalized spacial score (nSPS) is 10.5. The Bertz CT molecular complexity index is 874. The van der Waals surface area contributed by atoms with Crippen LogP contribution in [0.1, 0.15) is 11.3 Å². The molecule has 0 saturated carbocycles. The Hall–Kier alpha value is -2.24. The second-order valence-electron chi connectivity index (χ2n) is 5.29. The molecule has 0 N–H and O–H groups in total. The van der Waals surface area contributed by atoms with Crippen molar-refractivity contribution in [2.75, 3.05) is 7.11 Å². The third-order valence-electron chi connectivity index (χ3n) is 3.39. The van der Waals surface area contributed by atoms with Gasteiger partial charge in [0.05, 0.1) is 7.11 Å². The molecular formula is C19H17ClN2O2S. The van der Waals surface area contributed by atoms with Crippen molar-refractivity contribution in [3.05, 3.63) is 70.9 Å². The van der Waals surface area contributed by atoms with Gasteiger partial charge in [0.2, 0.25) is 5.88 Å². The van der Waals surface area contributed by atoms with Gasteiger partial charge in [-0.25, -0.2) is 4.98 Å². The summed E-state index contributed by atoms with van der Waals surface area (Å²) in [5, 5.41) is 1.40. The fraction of sp³-hybridized carbons (Fsp3) is 0.158. The number of aryl methyl sites for hydroxylation is 1. The van der Waals surface area contributed by atoms with E-state index in [1.54, 1.807) is 13.2 Å². The van der Waals surface area contributed by atoms with Crippen molar-refractivity contribution in [1.29, 1.82) is 0 Å². The van der Waals surface area contributed by atoms with Crippen LogP contribution in [0.15, 0.2) is 59.8 Å². The summed E-state index contributed by atoms with van der Waals surface area (Å²) in [6.07, 6.45) is 0. The van der Waals surface area contributed by atoms with Crippen LogP contribution in [-0.2, 0) is 5.75 Å². The molecule has 0 spiro atoms. The highest BCUT2D eigenvalue weighted by molar-refractivity contribution is 7.98. The Labute approximate surface area is 156 Å². The maximum absolute atomic E-state index is 6.20. The second-order valence-corrected chi connectivity index (χ2v) is 6.64. The van der Waals surface area contributed by atoms with Crippen molar-refractivity contribution in [3.8, 4) is 17.4 Å². The van der Waals surface area contributed by atoms with E-state index in [1.165, 1.54) is 11.8 Å². The standard InChI is InChI=1S/C19H17ClN2O2S/c1-13-10-18(24-16-8-5-7-15(11-16)23-2)22-19(21-13)25-12-14-6-3-4-9-17(14)20/h3-11H,12H2,1-2H3. The van der Waals surface area contributed by atoms with E-state index in [4.69, 9.17) is 21.1 Å². The quantitative estimate of drug-likeness (QED) is 0.420. The number of thioether (sulfide) groups is 1. The molecule has 6 heteroatoms. The Balaban J connectivity index is 1.75. The first kappa shape index (κ1) is 17.6. The van der Waals surface area contributed by atoms with Crippen molar-refractivity contribution in [3.63, 3.8) is 0 Å². The van der Waals surface area contributed by atoms with E-state index < -0.39 is 0 Å². The first-order valence-electron chi connectivity index (χ1n) is 7.68. The lowest BCUT2D eigenvalue weighted by atomic mass is 10.2. The van der Waals surface area contributed by atoms with Crippen molar-refractivity contribution in [1.82, 2.24) is 9.97 Å². The van der Waals surface area contributed by atoms with Gasteiger partial charge in [-0.1, -0.05) is 47.6 Å². The average molecular weight is 373 g/mol. The average Bonchev–Trinajstić information content (AvgIpc) is 2.61. The largest absolute Gasteiger partial charge is 0.497 e. The van der Waals surface area contributed by atoms with Crippen LogP contribution in [0, 0.1) is 6.92 Å². The fourth-order valence-corrected chi connectivity index (χ4v) is 3.35. The van der Waals surface area contributed by atoms with Gasteiger partial charge in [0, 0.05) is 28.6 Å². The highest BCUT2D eigenvalue weighted by Crippen LogP contribution is 2.28. The van der Waals surface area contributed by atoms with Crippen LogP contribution in [0.5, 0.6) is 17.4 Å². The number of benzene rings is 2. The molecule has 0 amide bonds. The Morgan fingerprint density at radius 1 is 1.00 bits per heavy atom. The molecule has 1 heterocycles. The van der Waals surface area contributed by atoms with Crippen molar-refractivity contribution in [2.24, 2.45) is 0 Å². The van der Waals surface area contributed by atoms with E-state index in [1.807, 2.05) is 55.5 Å². The molecule has 0 aliphatic carbocycles. The van der Waals surface area contributed by atoms with Crippen molar-refractivity contribution in [2.45, 2.75) is 17.8 Å². The summed E-state index contributed by atoms with van der Waals surface area (Å²) in [6.45, 7) is 1.92. The molecule has 0 aliphatic heterocycles. The smallest absolute Gasteiger partial charge is 0.223 e. The minimum atomic E-state index is 0.502. The molecule has 0 saturated heterocycles.